The second-order valence-electron chi connectivity index (χ2n) is 3.69. The van der Waals surface area contributed by atoms with Crippen LogP contribution < -0.4 is 10.1 Å². The first-order chi connectivity index (χ1) is 9.41. The van der Waals surface area contributed by atoms with Gasteiger partial charge in [-0.2, -0.15) is 18.2 Å². The maximum Gasteiger partial charge on any atom is 0.419 e. The molecule has 1 aromatic carbocycles. The summed E-state index contributed by atoms with van der Waals surface area (Å²) >= 11 is 5.81. The van der Waals surface area contributed by atoms with Gasteiger partial charge >= 0.3 is 6.18 Å². The van der Waals surface area contributed by atoms with Crippen molar-refractivity contribution in [1.29, 1.82) is 0 Å². The number of halogens is 4. The van der Waals surface area contributed by atoms with Crippen molar-refractivity contribution in [2.24, 2.45) is 0 Å². The van der Waals surface area contributed by atoms with Gasteiger partial charge < -0.3 is 10.1 Å². The molecule has 0 unspecified atom stereocenters. The zero-order chi connectivity index (χ0) is 14.8. The van der Waals surface area contributed by atoms with Crippen molar-refractivity contribution in [2.45, 2.75) is 6.18 Å². The second kappa shape index (κ2) is 5.54. The van der Waals surface area contributed by atoms with Gasteiger partial charge in [-0.25, -0.2) is 4.98 Å². The van der Waals surface area contributed by atoms with Crippen molar-refractivity contribution in [2.75, 3.05) is 12.4 Å². The van der Waals surface area contributed by atoms with Crippen molar-refractivity contribution in [1.82, 2.24) is 9.97 Å². The van der Waals surface area contributed by atoms with E-state index in [-0.39, 0.29) is 22.6 Å². The molecular formula is C12H9ClF3N3O. The molecule has 0 saturated carbocycles. The molecule has 0 spiro atoms. The number of rotatable bonds is 3. The lowest BCUT2D eigenvalue weighted by molar-refractivity contribution is -0.138. The van der Waals surface area contributed by atoms with Crippen LogP contribution in [0.3, 0.4) is 0 Å². The highest BCUT2D eigenvalue weighted by atomic mass is 35.5. The van der Waals surface area contributed by atoms with Crippen LogP contribution in [0, 0.1) is 0 Å². The van der Waals surface area contributed by atoms with E-state index < -0.39 is 11.7 Å². The van der Waals surface area contributed by atoms with Crippen molar-refractivity contribution in [3.63, 3.8) is 0 Å². The Kier molecular flexibility index (Phi) is 3.99. The standard InChI is InChI=1S/C12H9ClF3N3O/c1-17-11-18-6-8(13)10(19-11)20-9-5-3-2-4-7(9)12(14,15)16/h2-6H,1H3,(H,17,18,19). The molecule has 0 amide bonds. The van der Waals surface area contributed by atoms with E-state index in [1.54, 1.807) is 7.05 Å². The van der Waals surface area contributed by atoms with Crippen LogP contribution in [0.2, 0.25) is 5.02 Å². The van der Waals surface area contributed by atoms with Crippen molar-refractivity contribution in [3.8, 4) is 11.6 Å². The fraction of sp³-hybridized carbons (Fsp3) is 0.167. The largest absolute Gasteiger partial charge is 0.437 e. The minimum Gasteiger partial charge on any atom is -0.437 e. The molecule has 0 aliphatic heterocycles. The Balaban J connectivity index is 2.40. The van der Waals surface area contributed by atoms with Gasteiger partial charge in [0, 0.05) is 7.05 Å². The number of nitrogens with zero attached hydrogens (tertiary/aromatic N) is 2. The third kappa shape index (κ3) is 3.11. The highest BCUT2D eigenvalue weighted by Gasteiger charge is 2.34. The number of benzene rings is 1. The lowest BCUT2D eigenvalue weighted by Crippen LogP contribution is -2.07. The quantitative estimate of drug-likeness (QED) is 0.931. The summed E-state index contributed by atoms with van der Waals surface area (Å²) in [6, 6.07) is 4.82. The number of alkyl halides is 3. The molecule has 0 aliphatic carbocycles. The van der Waals surface area contributed by atoms with Crippen LogP contribution in [0.5, 0.6) is 11.6 Å². The van der Waals surface area contributed by atoms with Gasteiger partial charge in [0.05, 0.1) is 11.8 Å². The van der Waals surface area contributed by atoms with E-state index in [0.717, 1.165) is 6.07 Å². The summed E-state index contributed by atoms with van der Waals surface area (Å²) in [7, 11) is 1.57. The van der Waals surface area contributed by atoms with Crippen LogP contribution in [-0.4, -0.2) is 17.0 Å². The van der Waals surface area contributed by atoms with Gasteiger partial charge in [0.15, 0.2) is 0 Å². The fourth-order valence-electron chi connectivity index (χ4n) is 1.44. The zero-order valence-electron chi connectivity index (χ0n) is 10.2. The van der Waals surface area contributed by atoms with Gasteiger partial charge in [-0.15, -0.1) is 0 Å². The molecule has 20 heavy (non-hydrogen) atoms. The van der Waals surface area contributed by atoms with E-state index in [9.17, 15) is 13.2 Å². The molecule has 0 atom stereocenters. The van der Waals surface area contributed by atoms with Crippen LogP contribution in [0.15, 0.2) is 30.5 Å². The summed E-state index contributed by atoms with van der Waals surface area (Å²) < 4.78 is 43.7. The molecule has 0 radical (unpaired) electrons. The zero-order valence-corrected chi connectivity index (χ0v) is 11.0. The van der Waals surface area contributed by atoms with E-state index in [1.165, 1.54) is 24.4 Å². The third-order valence-corrected chi connectivity index (χ3v) is 2.59. The van der Waals surface area contributed by atoms with E-state index in [0.29, 0.717) is 0 Å². The van der Waals surface area contributed by atoms with Crippen molar-refractivity contribution in [3.05, 3.63) is 41.0 Å². The number of hydrogen-bond acceptors (Lipinski definition) is 4. The minimum absolute atomic E-state index is 0.0148. The fourth-order valence-corrected chi connectivity index (χ4v) is 1.57. The summed E-state index contributed by atoms with van der Waals surface area (Å²) in [5.74, 6) is -0.334. The molecule has 0 aliphatic rings. The lowest BCUT2D eigenvalue weighted by Gasteiger charge is -2.13. The van der Waals surface area contributed by atoms with Crippen LogP contribution in [0.1, 0.15) is 5.56 Å². The van der Waals surface area contributed by atoms with Crippen molar-refractivity contribution < 1.29 is 17.9 Å². The Morgan fingerprint density at radius 1 is 1.25 bits per heavy atom. The number of aromatic nitrogens is 2. The van der Waals surface area contributed by atoms with Gasteiger partial charge in [-0.3, -0.25) is 0 Å². The Morgan fingerprint density at radius 2 is 1.95 bits per heavy atom. The lowest BCUT2D eigenvalue weighted by atomic mass is 10.2. The summed E-state index contributed by atoms with van der Waals surface area (Å²) in [6.45, 7) is 0. The van der Waals surface area contributed by atoms with Gasteiger partial charge in [0.1, 0.15) is 10.8 Å². The second-order valence-corrected chi connectivity index (χ2v) is 4.10. The summed E-state index contributed by atoms with van der Waals surface area (Å²) in [4.78, 5) is 7.68. The van der Waals surface area contributed by atoms with Crippen molar-refractivity contribution >= 4 is 17.5 Å². The molecule has 1 N–H and O–H groups in total. The predicted molar refractivity (Wildman–Crippen MR) is 68.1 cm³/mol. The molecule has 2 aromatic rings. The molecule has 1 heterocycles. The average molecular weight is 304 g/mol. The first kappa shape index (κ1) is 14.4. The summed E-state index contributed by atoms with van der Waals surface area (Å²) in [6.07, 6.45) is -3.28. The average Bonchev–Trinajstić information content (AvgIpc) is 2.41. The smallest absolute Gasteiger partial charge is 0.419 e. The van der Waals surface area contributed by atoms with Gasteiger partial charge in [-0.05, 0) is 12.1 Å². The van der Waals surface area contributed by atoms with Crippen LogP contribution in [0.25, 0.3) is 0 Å². The van der Waals surface area contributed by atoms with E-state index in [2.05, 4.69) is 15.3 Å². The Hall–Kier alpha value is -2.02. The van der Waals surface area contributed by atoms with E-state index >= 15 is 0 Å². The first-order valence-electron chi connectivity index (χ1n) is 5.46. The maximum atomic E-state index is 12.8. The number of para-hydroxylation sites is 1. The van der Waals surface area contributed by atoms with Gasteiger partial charge in [-0.1, -0.05) is 23.7 Å². The van der Waals surface area contributed by atoms with Crippen LogP contribution in [-0.2, 0) is 6.18 Å². The molecule has 4 nitrogen and oxygen atoms in total. The number of ether oxygens (including phenoxy) is 1. The monoisotopic (exact) mass is 303 g/mol. The van der Waals surface area contributed by atoms with E-state index in [4.69, 9.17) is 16.3 Å². The molecule has 0 bridgehead atoms. The first-order valence-corrected chi connectivity index (χ1v) is 5.84. The number of hydrogen-bond donors (Lipinski definition) is 1. The molecular weight excluding hydrogens is 295 g/mol. The van der Waals surface area contributed by atoms with Gasteiger partial charge in [0.25, 0.3) is 0 Å². The van der Waals surface area contributed by atoms with Crippen LogP contribution >= 0.6 is 11.6 Å². The van der Waals surface area contributed by atoms with Crippen LogP contribution in [0.4, 0.5) is 19.1 Å². The molecule has 2 rings (SSSR count). The maximum absolute atomic E-state index is 12.8. The topological polar surface area (TPSA) is 47.0 Å². The molecule has 0 fully saturated rings. The Morgan fingerprint density at radius 3 is 2.60 bits per heavy atom. The molecule has 106 valence electrons. The van der Waals surface area contributed by atoms with E-state index in [1.807, 2.05) is 0 Å². The Bertz CT molecular complexity index is 619. The SMILES string of the molecule is CNc1ncc(Cl)c(Oc2ccccc2C(F)(F)F)n1. The third-order valence-electron chi connectivity index (χ3n) is 2.33. The Labute approximate surface area is 117 Å². The normalized spacial score (nSPS) is 11.2. The minimum atomic E-state index is -4.53. The highest BCUT2D eigenvalue weighted by molar-refractivity contribution is 6.31. The highest BCUT2D eigenvalue weighted by Crippen LogP contribution is 2.38. The number of anilines is 1. The van der Waals surface area contributed by atoms with Gasteiger partial charge in [0.2, 0.25) is 11.8 Å². The molecule has 1 aromatic heterocycles. The predicted octanol–water partition coefficient (Wildman–Crippen LogP) is 3.98. The summed E-state index contributed by atoms with van der Waals surface area (Å²) in [5.41, 5.74) is -0.902. The molecule has 0 saturated heterocycles. The molecule has 8 heteroatoms. The summed E-state index contributed by atoms with van der Waals surface area (Å²) in [5, 5.41) is 2.66. The number of nitrogens with one attached hydrogen (secondary N) is 1.